The fraction of sp³-hybridized carbons (Fsp3) is 0.235. The summed E-state index contributed by atoms with van der Waals surface area (Å²) in [5, 5.41) is 0. The number of hydrogen-bond donors (Lipinski definition) is 0. The molecule has 0 aromatic heterocycles. The van der Waals surface area contributed by atoms with Crippen LogP contribution in [0.2, 0.25) is 0 Å². The summed E-state index contributed by atoms with van der Waals surface area (Å²) in [6.45, 7) is 1.94. The van der Waals surface area contributed by atoms with Crippen molar-refractivity contribution in [3.05, 3.63) is 70.2 Å². The van der Waals surface area contributed by atoms with Crippen LogP contribution in [0.1, 0.15) is 15.9 Å². The highest BCUT2D eigenvalue weighted by Crippen LogP contribution is 2.11. The lowest BCUT2D eigenvalue weighted by Gasteiger charge is -2.16. The van der Waals surface area contributed by atoms with Crippen LogP contribution in [-0.2, 0) is 11.3 Å². The van der Waals surface area contributed by atoms with Crippen LogP contribution in [-0.4, -0.2) is 31.1 Å². The van der Waals surface area contributed by atoms with Gasteiger partial charge in [0, 0.05) is 17.6 Å². The molecule has 0 amide bonds. The smallest absolute Gasteiger partial charge is 0.338 e. The molecule has 0 bridgehead atoms. The molecule has 0 spiro atoms. The third-order valence-corrected chi connectivity index (χ3v) is 3.61. The SMILES string of the molecule is CN(CCOC(=O)c1ccc(Br)cc1)Cc1ccccc1. The van der Waals surface area contributed by atoms with E-state index in [1.165, 1.54) is 5.56 Å². The van der Waals surface area contributed by atoms with Gasteiger partial charge in [-0.2, -0.15) is 0 Å². The molecule has 0 aliphatic heterocycles. The molecule has 21 heavy (non-hydrogen) atoms. The number of halogens is 1. The summed E-state index contributed by atoms with van der Waals surface area (Å²) in [4.78, 5) is 14.0. The van der Waals surface area contributed by atoms with Crippen LogP contribution >= 0.6 is 15.9 Å². The Morgan fingerprint density at radius 1 is 1.10 bits per heavy atom. The molecule has 0 radical (unpaired) electrons. The Morgan fingerprint density at radius 3 is 2.43 bits per heavy atom. The van der Waals surface area contributed by atoms with E-state index >= 15 is 0 Å². The van der Waals surface area contributed by atoms with Gasteiger partial charge in [-0.15, -0.1) is 0 Å². The summed E-state index contributed by atoms with van der Waals surface area (Å²) in [5.74, 6) is -0.282. The molecule has 2 aromatic carbocycles. The molecular formula is C17H18BrNO2. The zero-order valence-electron chi connectivity index (χ0n) is 12.0. The van der Waals surface area contributed by atoms with Crippen LogP contribution in [0, 0.1) is 0 Å². The standard InChI is InChI=1S/C17H18BrNO2/c1-19(13-14-5-3-2-4-6-14)11-12-21-17(20)15-7-9-16(18)10-8-15/h2-10H,11-13H2,1H3. The van der Waals surface area contributed by atoms with E-state index in [1.54, 1.807) is 12.1 Å². The minimum atomic E-state index is -0.282. The molecule has 0 saturated carbocycles. The highest BCUT2D eigenvalue weighted by atomic mass is 79.9. The highest BCUT2D eigenvalue weighted by molar-refractivity contribution is 9.10. The third kappa shape index (κ3) is 5.33. The molecule has 0 heterocycles. The summed E-state index contributed by atoms with van der Waals surface area (Å²) in [6.07, 6.45) is 0. The molecule has 0 saturated heterocycles. The summed E-state index contributed by atoms with van der Waals surface area (Å²) in [6, 6.07) is 17.4. The van der Waals surface area contributed by atoms with Gasteiger partial charge in [-0.05, 0) is 36.9 Å². The molecule has 0 atom stereocenters. The Balaban J connectivity index is 1.73. The fourth-order valence-electron chi connectivity index (χ4n) is 1.94. The Bertz CT molecular complexity index is 569. The average Bonchev–Trinajstić information content (AvgIpc) is 2.49. The number of likely N-dealkylation sites (N-methyl/N-ethyl adjacent to an activating group) is 1. The maximum atomic E-state index is 11.8. The van der Waals surface area contributed by atoms with Crippen LogP contribution in [0.4, 0.5) is 0 Å². The van der Waals surface area contributed by atoms with E-state index in [0.29, 0.717) is 18.7 Å². The van der Waals surface area contributed by atoms with Gasteiger partial charge in [0.1, 0.15) is 6.61 Å². The number of rotatable bonds is 6. The lowest BCUT2D eigenvalue weighted by atomic mass is 10.2. The van der Waals surface area contributed by atoms with Crippen molar-refractivity contribution in [3.63, 3.8) is 0 Å². The van der Waals surface area contributed by atoms with Gasteiger partial charge in [0.25, 0.3) is 0 Å². The quantitative estimate of drug-likeness (QED) is 0.745. The predicted octanol–water partition coefficient (Wildman–Crippen LogP) is 3.74. The topological polar surface area (TPSA) is 29.5 Å². The first-order valence-electron chi connectivity index (χ1n) is 6.80. The first-order chi connectivity index (χ1) is 10.1. The number of ether oxygens (including phenoxy) is 1. The lowest BCUT2D eigenvalue weighted by molar-refractivity contribution is 0.0470. The second-order valence-corrected chi connectivity index (χ2v) is 5.78. The summed E-state index contributed by atoms with van der Waals surface area (Å²) in [7, 11) is 2.01. The van der Waals surface area contributed by atoms with Crippen LogP contribution < -0.4 is 0 Å². The molecule has 2 rings (SSSR count). The van der Waals surface area contributed by atoms with E-state index < -0.39 is 0 Å². The minimum Gasteiger partial charge on any atom is -0.461 e. The van der Waals surface area contributed by atoms with Crippen molar-refractivity contribution in [1.82, 2.24) is 4.90 Å². The second-order valence-electron chi connectivity index (χ2n) is 4.87. The van der Waals surface area contributed by atoms with E-state index in [1.807, 2.05) is 37.4 Å². The van der Waals surface area contributed by atoms with Crippen molar-refractivity contribution < 1.29 is 9.53 Å². The van der Waals surface area contributed by atoms with E-state index in [9.17, 15) is 4.79 Å². The molecule has 2 aromatic rings. The average molecular weight is 348 g/mol. The molecule has 0 N–H and O–H groups in total. The van der Waals surface area contributed by atoms with Crippen molar-refractivity contribution in [2.45, 2.75) is 6.54 Å². The third-order valence-electron chi connectivity index (χ3n) is 3.08. The fourth-order valence-corrected chi connectivity index (χ4v) is 2.20. The van der Waals surface area contributed by atoms with Gasteiger partial charge < -0.3 is 4.74 Å². The van der Waals surface area contributed by atoms with E-state index in [0.717, 1.165) is 11.0 Å². The minimum absolute atomic E-state index is 0.282. The Kier molecular flexibility index (Phi) is 5.96. The van der Waals surface area contributed by atoms with Crippen molar-refractivity contribution in [2.75, 3.05) is 20.2 Å². The second kappa shape index (κ2) is 7.96. The number of nitrogens with zero attached hydrogens (tertiary/aromatic N) is 1. The van der Waals surface area contributed by atoms with Crippen molar-refractivity contribution in [1.29, 1.82) is 0 Å². The zero-order valence-corrected chi connectivity index (χ0v) is 13.5. The summed E-state index contributed by atoms with van der Waals surface area (Å²) >= 11 is 3.34. The molecular weight excluding hydrogens is 330 g/mol. The van der Waals surface area contributed by atoms with Crippen molar-refractivity contribution in [2.24, 2.45) is 0 Å². The summed E-state index contributed by atoms with van der Waals surface area (Å²) in [5.41, 5.74) is 1.82. The van der Waals surface area contributed by atoms with Gasteiger partial charge >= 0.3 is 5.97 Å². The van der Waals surface area contributed by atoms with E-state index in [4.69, 9.17) is 4.74 Å². The van der Waals surface area contributed by atoms with Gasteiger partial charge in [0.2, 0.25) is 0 Å². The molecule has 4 heteroatoms. The van der Waals surface area contributed by atoms with Gasteiger partial charge in [0.05, 0.1) is 5.56 Å². The largest absolute Gasteiger partial charge is 0.461 e. The zero-order chi connectivity index (χ0) is 15.1. The monoisotopic (exact) mass is 347 g/mol. The first-order valence-corrected chi connectivity index (χ1v) is 7.59. The van der Waals surface area contributed by atoms with Crippen LogP contribution in [0.5, 0.6) is 0 Å². The molecule has 0 aliphatic rings. The van der Waals surface area contributed by atoms with Gasteiger partial charge in [-0.25, -0.2) is 4.79 Å². The van der Waals surface area contributed by atoms with E-state index in [-0.39, 0.29) is 5.97 Å². The predicted molar refractivity (Wildman–Crippen MR) is 87.2 cm³/mol. The lowest BCUT2D eigenvalue weighted by Crippen LogP contribution is -2.24. The normalized spacial score (nSPS) is 10.6. The number of carbonyl (C=O) groups excluding carboxylic acids is 1. The molecule has 0 aliphatic carbocycles. The Labute approximate surface area is 133 Å². The van der Waals surface area contributed by atoms with Gasteiger partial charge in [0.15, 0.2) is 0 Å². The number of carbonyl (C=O) groups is 1. The first kappa shape index (κ1) is 15.7. The van der Waals surface area contributed by atoms with Gasteiger partial charge in [-0.3, -0.25) is 4.90 Å². The Morgan fingerprint density at radius 2 is 1.76 bits per heavy atom. The summed E-state index contributed by atoms with van der Waals surface area (Å²) < 4.78 is 6.23. The number of benzene rings is 2. The maximum absolute atomic E-state index is 11.8. The number of hydrogen-bond acceptors (Lipinski definition) is 3. The molecule has 3 nitrogen and oxygen atoms in total. The van der Waals surface area contributed by atoms with Crippen molar-refractivity contribution >= 4 is 21.9 Å². The van der Waals surface area contributed by atoms with Crippen LogP contribution in [0.3, 0.4) is 0 Å². The molecule has 0 fully saturated rings. The Hall–Kier alpha value is -1.65. The highest BCUT2D eigenvalue weighted by Gasteiger charge is 2.07. The van der Waals surface area contributed by atoms with Crippen LogP contribution in [0.25, 0.3) is 0 Å². The molecule has 0 unspecified atom stereocenters. The maximum Gasteiger partial charge on any atom is 0.338 e. The molecule has 110 valence electrons. The van der Waals surface area contributed by atoms with E-state index in [2.05, 4.69) is 33.0 Å². The van der Waals surface area contributed by atoms with Crippen molar-refractivity contribution in [3.8, 4) is 0 Å². The van der Waals surface area contributed by atoms with Crippen LogP contribution in [0.15, 0.2) is 59.1 Å². The van der Waals surface area contributed by atoms with Gasteiger partial charge in [-0.1, -0.05) is 46.3 Å². The number of esters is 1.